The van der Waals surface area contributed by atoms with Crippen LogP contribution in [0.1, 0.15) is 24.2 Å². The number of ether oxygens (including phenoxy) is 2. The van der Waals surface area contributed by atoms with E-state index in [4.69, 9.17) is 16.3 Å². The van der Waals surface area contributed by atoms with Crippen LogP contribution in [0.25, 0.3) is 0 Å². The van der Waals surface area contributed by atoms with Crippen molar-refractivity contribution in [2.45, 2.75) is 26.6 Å². The normalized spacial score (nSPS) is 10.8. The molecule has 0 radical (unpaired) electrons. The van der Waals surface area contributed by atoms with E-state index >= 15 is 0 Å². The minimum Gasteiger partial charge on any atom is -0.489 e. The highest BCUT2D eigenvalue weighted by atomic mass is 35.5. The number of carbonyl (C=O) groups excluding carboxylic acids is 1. The molecule has 0 aromatic heterocycles. The maximum atomic E-state index is 12.1. The van der Waals surface area contributed by atoms with Gasteiger partial charge in [-0.2, -0.15) is 8.78 Å². The number of anilines is 1. The lowest BCUT2D eigenvalue weighted by molar-refractivity contribution is -0.0498. The molecule has 2 aromatic carbocycles. The molecular formula is C17H16ClF2NO3. The molecule has 4 nitrogen and oxygen atoms in total. The Labute approximate surface area is 143 Å². The minimum absolute atomic E-state index is 0.0141. The van der Waals surface area contributed by atoms with E-state index in [9.17, 15) is 13.6 Å². The molecule has 0 fully saturated rings. The third-order valence-electron chi connectivity index (χ3n) is 2.89. The monoisotopic (exact) mass is 355 g/mol. The van der Waals surface area contributed by atoms with E-state index in [1.165, 1.54) is 24.3 Å². The highest BCUT2D eigenvalue weighted by Gasteiger charge is 2.10. The Morgan fingerprint density at radius 2 is 1.75 bits per heavy atom. The van der Waals surface area contributed by atoms with Gasteiger partial charge >= 0.3 is 6.61 Å². The van der Waals surface area contributed by atoms with Crippen molar-refractivity contribution in [2.24, 2.45) is 0 Å². The molecule has 7 heteroatoms. The summed E-state index contributed by atoms with van der Waals surface area (Å²) in [5, 5.41) is 3.05. The van der Waals surface area contributed by atoms with E-state index in [2.05, 4.69) is 10.1 Å². The van der Waals surface area contributed by atoms with Crippen molar-refractivity contribution >= 4 is 23.2 Å². The zero-order valence-electron chi connectivity index (χ0n) is 13.1. The van der Waals surface area contributed by atoms with Crippen LogP contribution in [0.3, 0.4) is 0 Å². The molecule has 0 bridgehead atoms. The maximum absolute atomic E-state index is 12.1. The SMILES string of the molecule is CC(C)Oc1ccc(NC(=O)c2ccc(OC(F)F)cc2)cc1Cl. The predicted octanol–water partition coefficient (Wildman–Crippen LogP) is 4.98. The second kappa shape index (κ2) is 7.97. The average molecular weight is 356 g/mol. The van der Waals surface area contributed by atoms with E-state index < -0.39 is 12.5 Å². The molecule has 0 unspecified atom stereocenters. The Hall–Kier alpha value is -2.34. The van der Waals surface area contributed by atoms with Gasteiger partial charge in [-0.1, -0.05) is 11.6 Å². The number of nitrogens with one attached hydrogen (secondary N) is 1. The first-order chi connectivity index (χ1) is 11.3. The summed E-state index contributed by atoms with van der Waals surface area (Å²) in [4.78, 5) is 12.1. The summed E-state index contributed by atoms with van der Waals surface area (Å²) in [7, 11) is 0. The van der Waals surface area contributed by atoms with Crippen LogP contribution in [0.4, 0.5) is 14.5 Å². The van der Waals surface area contributed by atoms with Crippen LogP contribution in [0.5, 0.6) is 11.5 Å². The van der Waals surface area contributed by atoms with Crippen LogP contribution in [-0.2, 0) is 0 Å². The second-order valence-electron chi connectivity index (χ2n) is 5.17. The fourth-order valence-corrected chi connectivity index (χ4v) is 2.14. The van der Waals surface area contributed by atoms with Gasteiger partial charge in [0.15, 0.2) is 0 Å². The molecule has 24 heavy (non-hydrogen) atoms. The predicted molar refractivity (Wildman–Crippen MR) is 88.2 cm³/mol. The maximum Gasteiger partial charge on any atom is 0.387 e. The first-order valence-electron chi connectivity index (χ1n) is 7.17. The van der Waals surface area contributed by atoms with Crippen molar-refractivity contribution in [1.29, 1.82) is 0 Å². The van der Waals surface area contributed by atoms with Gasteiger partial charge in [-0.15, -0.1) is 0 Å². The molecule has 2 aromatic rings. The van der Waals surface area contributed by atoms with E-state index in [1.807, 2.05) is 13.8 Å². The lowest BCUT2D eigenvalue weighted by atomic mass is 10.2. The molecule has 0 saturated carbocycles. The summed E-state index contributed by atoms with van der Waals surface area (Å²) in [6.07, 6.45) is -0.0167. The Morgan fingerprint density at radius 1 is 1.08 bits per heavy atom. The summed E-state index contributed by atoms with van der Waals surface area (Å²) in [5.74, 6) is 0.116. The summed E-state index contributed by atoms with van der Waals surface area (Å²) in [6.45, 7) is 0.860. The van der Waals surface area contributed by atoms with Gasteiger partial charge in [0.25, 0.3) is 5.91 Å². The molecule has 0 atom stereocenters. The highest BCUT2D eigenvalue weighted by molar-refractivity contribution is 6.32. The van der Waals surface area contributed by atoms with Crippen molar-refractivity contribution < 1.29 is 23.0 Å². The quantitative estimate of drug-likeness (QED) is 0.794. The van der Waals surface area contributed by atoms with Crippen molar-refractivity contribution in [2.75, 3.05) is 5.32 Å². The first kappa shape index (κ1) is 18.0. The van der Waals surface area contributed by atoms with E-state index in [0.29, 0.717) is 22.0 Å². The van der Waals surface area contributed by atoms with E-state index in [1.54, 1.807) is 18.2 Å². The molecule has 0 aliphatic carbocycles. The molecule has 1 amide bonds. The van der Waals surface area contributed by atoms with Gasteiger partial charge in [-0.05, 0) is 56.3 Å². The molecule has 1 N–H and O–H groups in total. The van der Waals surface area contributed by atoms with Crippen molar-refractivity contribution in [1.82, 2.24) is 0 Å². The molecule has 0 saturated heterocycles. The van der Waals surface area contributed by atoms with Crippen LogP contribution in [0, 0.1) is 0 Å². The number of benzene rings is 2. The van der Waals surface area contributed by atoms with E-state index in [0.717, 1.165) is 0 Å². The third kappa shape index (κ3) is 5.09. The molecule has 0 heterocycles. The van der Waals surface area contributed by atoms with Crippen LogP contribution >= 0.6 is 11.6 Å². The lowest BCUT2D eigenvalue weighted by Gasteiger charge is -2.13. The summed E-state index contributed by atoms with van der Waals surface area (Å²) >= 11 is 6.11. The number of halogens is 3. The topological polar surface area (TPSA) is 47.6 Å². The number of amides is 1. The first-order valence-corrected chi connectivity index (χ1v) is 7.55. The number of alkyl halides is 2. The van der Waals surface area contributed by atoms with Gasteiger partial charge in [0.1, 0.15) is 11.5 Å². The minimum atomic E-state index is -2.90. The molecular weight excluding hydrogens is 340 g/mol. The van der Waals surface area contributed by atoms with Crippen molar-refractivity contribution in [3.63, 3.8) is 0 Å². The zero-order chi connectivity index (χ0) is 17.7. The largest absolute Gasteiger partial charge is 0.489 e. The van der Waals surface area contributed by atoms with Crippen molar-refractivity contribution in [3.05, 3.63) is 53.1 Å². The third-order valence-corrected chi connectivity index (χ3v) is 3.19. The lowest BCUT2D eigenvalue weighted by Crippen LogP contribution is -2.12. The second-order valence-corrected chi connectivity index (χ2v) is 5.58. The molecule has 0 aliphatic rings. The zero-order valence-corrected chi connectivity index (χ0v) is 13.8. The number of hydrogen-bond acceptors (Lipinski definition) is 3. The standard InChI is InChI=1S/C17H16ClF2NO3/c1-10(2)23-15-8-5-12(9-14(15)18)21-16(22)11-3-6-13(7-4-11)24-17(19)20/h3-10,17H,1-2H3,(H,21,22). The van der Waals surface area contributed by atoms with Gasteiger partial charge in [0, 0.05) is 11.3 Å². The van der Waals surface area contributed by atoms with Crippen LogP contribution in [0.15, 0.2) is 42.5 Å². The Balaban J connectivity index is 2.05. The van der Waals surface area contributed by atoms with E-state index in [-0.39, 0.29) is 11.9 Å². The summed E-state index contributed by atoms with van der Waals surface area (Å²) in [5.41, 5.74) is 0.796. The van der Waals surface area contributed by atoms with Gasteiger partial charge in [-0.3, -0.25) is 4.79 Å². The summed E-state index contributed by atoms with van der Waals surface area (Å²) in [6, 6.07) is 10.3. The Kier molecular flexibility index (Phi) is 5.98. The smallest absolute Gasteiger partial charge is 0.387 e. The van der Waals surface area contributed by atoms with Crippen LogP contribution < -0.4 is 14.8 Å². The molecule has 0 spiro atoms. The fraction of sp³-hybridized carbons (Fsp3) is 0.235. The van der Waals surface area contributed by atoms with Crippen LogP contribution in [-0.4, -0.2) is 18.6 Å². The number of rotatable bonds is 6. The Bertz CT molecular complexity index is 705. The van der Waals surface area contributed by atoms with Gasteiger partial charge < -0.3 is 14.8 Å². The average Bonchev–Trinajstić information content (AvgIpc) is 2.49. The Morgan fingerprint density at radius 3 is 2.29 bits per heavy atom. The van der Waals surface area contributed by atoms with Gasteiger partial charge in [0.05, 0.1) is 11.1 Å². The van der Waals surface area contributed by atoms with Gasteiger partial charge in [0.2, 0.25) is 0 Å². The molecule has 0 aliphatic heterocycles. The highest BCUT2D eigenvalue weighted by Crippen LogP contribution is 2.28. The molecule has 2 rings (SSSR count). The van der Waals surface area contributed by atoms with Crippen LogP contribution in [0.2, 0.25) is 5.02 Å². The fourth-order valence-electron chi connectivity index (χ4n) is 1.92. The molecule has 128 valence electrons. The number of carbonyl (C=O) groups is 1. The van der Waals surface area contributed by atoms with Crippen molar-refractivity contribution in [3.8, 4) is 11.5 Å². The van der Waals surface area contributed by atoms with Gasteiger partial charge in [-0.25, -0.2) is 0 Å². The summed E-state index contributed by atoms with van der Waals surface area (Å²) < 4.78 is 33.9. The number of hydrogen-bond donors (Lipinski definition) is 1.